The molecule has 3 rings (SSSR count). The van der Waals surface area contributed by atoms with Crippen LogP contribution in [-0.4, -0.2) is 46.2 Å². The summed E-state index contributed by atoms with van der Waals surface area (Å²) in [5.41, 5.74) is 2.51. The molecule has 0 unspecified atom stereocenters. The summed E-state index contributed by atoms with van der Waals surface area (Å²) < 4.78 is 1.91. The zero-order valence-corrected chi connectivity index (χ0v) is 12.9. The summed E-state index contributed by atoms with van der Waals surface area (Å²) in [4.78, 5) is 30.5. The number of amides is 2. The average Bonchev–Trinajstić information content (AvgIpc) is 3.03. The molecule has 1 saturated heterocycles. The molecule has 1 aliphatic heterocycles. The molecule has 0 saturated carbocycles. The SMILES string of the molecule is CNC(=O)[C@@H]1CCCN(C(=O)c2ccc3cncn3c2C)C1. The maximum Gasteiger partial charge on any atom is 0.255 e. The number of nitrogens with zero attached hydrogens (tertiary/aromatic N) is 3. The molecule has 0 aromatic carbocycles. The van der Waals surface area contributed by atoms with E-state index in [1.165, 1.54) is 0 Å². The van der Waals surface area contributed by atoms with Crippen molar-refractivity contribution in [2.45, 2.75) is 19.8 Å². The van der Waals surface area contributed by atoms with Crippen molar-refractivity contribution < 1.29 is 9.59 Å². The van der Waals surface area contributed by atoms with Gasteiger partial charge in [-0.15, -0.1) is 0 Å². The number of rotatable bonds is 2. The van der Waals surface area contributed by atoms with Crippen LogP contribution in [-0.2, 0) is 4.79 Å². The zero-order chi connectivity index (χ0) is 15.7. The third-order valence-corrected chi connectivity index (χ3v) is 4.40. The van der Waals surface area contributed by atoms with Gasteiger partial charge in [0.25, 0.3) is 5.91 Å². The first-order valence-corrected chi connectivity index (χ1v) is 7.54. The molecule has 1 atom stereocenters. The summed E-state index contributed by atoms with van der Waals surface area (Å²) in [7, 11) is 1.64. The number of hydrogen-bond donors (Lipinski definition) is 1. The van der Waals surface area contributed by atoms with Crippen LogP contribution < -0.4 is 5.32 Å². The molecule has 6 heteroatoms. The quantitative estimate of drug-likeness (QED) is 0.907. The van der Waals surface area contributed by atoms with Crippen LogP contribution >= 0.6 is 0 Å². The first kappa shape index (κ1) is 14.6. The van der Waals surface area contributed by atoms with Crippen molar-refractivity contribution >= 4 is 17.3 Å². The smallest absolute Gasteiger partial charge is 0.255 e. The first-order valence-electron chi connectivity index (χ1n) is 7.54. The molecule has 116 valence electrons. The average molecular weight is 300 g/mol. The van der Waals surface area contributed by atoms with Gasteiger partial charge in [-0.1, -0.05) is 0 Å². The van der Waals surface area contributed by atoms with Gasteiger partial charge < -0.3 is 14.6 Å². The van der Waals surface area contributed by atoms with Crippen LogP contribution in [0.5, 0.6) is 0 Å². The molecule has 0 spiro atoms. The van der Waals surface area contributed by atoms with E-state index in [1.807, 2.05) is 23.5 Å². The lowest BCUT2D eigenvalue weighted by Gasteiger charge is -2.32. The zero-order valence-electron chi connectivity index (χ0n) is 12.9. The molecule has 0 bridgehead atoms. The number of aromatic nitrogens is 2. The highest BCUT2D eigenvalue weighted by molar-refractivity contribution is 5.96. The number of nitrogens with one attached hydrogen (secondary N) is 1. The number of likely N-dealkylation sites (tertiary alicyclic amines) is 1. The number of fused-ring (bicyclic) bond motifs is 1. The highest BCUT2D eigenvalue weighted by Gasteiger charge is 2.29. The Kier molecular flexibility index (Phi) is 3.83. The fourth-order valence-corrected chi connectivity index (χ4v) is 3.10. The Labute approximate surface area is 129 Å². The van der Waals surface area contributed by atoms with Crippen LogP contribution in [0.15, 0.2) is 24.7 Å². The second kappa shape index (κ2) is 5.79. The normalized spacial score (nSPS) is 18.5. The van der Waals surface area contributed by atoms with Crippen molar-refractivity contribution in [2.75, 3.05) is 20.1 Å². The van der Waals surface area contributed by atoms with Crippen LogP contribution in [0.1, 0.15) is 28.9 Å². The predicted octanol–water partition coefficient (Wildman–Crippen LogP) is 1.24. The Balaban J connectivity index is 1.85. The van der Waals surface area contributed by atoms with Gasteiger partial charge >= 0.3 is 0 Å². The lowest BCUT2D eigenvalue weighted by molar-refractivity contribution is -0.125. The lowest BCUT2D eigenvalue weighted by atomic mass is 9.96. The maximum atomic E-state index is 12.8. The number of imidazole rings is 1. The van der Waals surface area contributed by atoms with E-state index in [1.54, 1.807) is 24.5 Å². The van der Waals surface area contributed by atoms with Crippen molar-refractivity contribution in [1.29, 1.82) is 0 Å². The second-order valence-electron chi connectivity index (χ2n) is 5.73. The summed E-state index contributed by atoms with van der Waals surface area (Å²) in [6.45, 7) is 3.11. The van der Waals surface area contributed by atoms with Crippen molar-refractivity contribution in [3.63, 3.8) is 0 Å². The van der Waals surface area contributed by atoms with Gasteiger partial charge in [0.15, 0.2) is 0 Å². The third-order valence-electron chi connectivity index (χ3n) is 4.40. The Morgan fingerprint density at radius 2 is 2.18 bits per heavy atom. The van der Waals surface area contributed by atoms with E-state index >= 15 is 0 Å². The Hall–Kier alpha value is -2.37. The van der Waals surface area contributed by atoms with Gasteiger partial charge in [0.2, 0.25) is 5.91 Å². The van der Waals surface area contributed by atoms with Gasteiger partial charge in [-0.3, -0.25) is 9.59 Å². The number of pyridine rings is 1. The molecule has 1 aliphatic rings. The molecule has 6 nitrogen and oxygen atoms in total. The standard InChI is InChI=1S/C16H20N4O2/c1-11-14(6-5-13-8-18-10-20(11)13)16(22)19-7-3-4-12(9-19)15(21)17-2/h5-6,8,10,12H,3-4,7,9H2,1-2H3,(H,17,21)/t12-/m1/s1. The van der Waals surface area contributed by atoms with E-state index < -0.39 is 0 Å². The Bertz CT molecular complexity index is 722. The lowest BCUT2D eigenvalue weighted by Crippen LogP contribution is -2.45. The van der Waals surface area contributed by atoms with Crippen LogP contribution in [0.2, 0.25) is 0 Å². The summed E-state index contributed by atoms with van der Waals surface area (Å²) in [6.07, 6.45) is 5.17. The molecule has 1 N–H and O–H groups in total. The van der Waals surface area contributed by atoms with Gasteiger partial charge in [-0.05, 0) is 31.9 Å². The molecule has 1 fully saturated rings. The van der Waals surface area contributed by atoms with Crippen LogP contribution in [0.25, 0.3) is 5.52 Å². The third kappa shape index (κ3) is 2.45. The summed E-state index contributed by atoms with van der Waals surface area (Å²) in [5, 5.41) is 2.68. The van der Waals surface area contributed by atoms with Crippen molar-refractivity contribution in [1.82, 2.24) is 19.6 Å². The fourth-order valence-electron chi connectivity index (χ4n) is 3.10. The van der Waals surface area contributed by atoms with E-state index in [2.05, 4.69) is 10.3 Å². The van der Waals surface area contributed by atoms with Crippen molar-refractivity contribution in [3.05, 3.63) is 35.9 Å². The van der Waals surface area contributed by atoms with Crippen LogP contribution in [0, 0.1) is 12.8 Å². The Morgan fingerprint density at radius 3 is 2.95 bits per heavy atom. The van der Waals surface area contributed by atoms with E-state index in [0.29, 0.717) is 18.7 Å². The van der Waals surface area contributed by atoms with E-state index in [0.717, 1.165) is 24.1 Å². The van der Waals surface area contributed by atoms with Gasteiger partial charge in [0, 0.05) is 25.8 Å². The van der Waals surface area contributed by atoms with Gasteiger partial charge in [0.1, 0.15) is 0 Å². The largest absolute Gasteiger partial charge is 0.359 e. The van der Waals surface area contributed by atoms with Gasteiger partial charge in [0.05, 0.1) is 29.5 Å². The minimum absolute atomic E-state index is 0.0123. The number of carbonyl (C=O) groups excluding carboxylic acids is 2. The molecule has 2 aromatic heterocycles. The fraction of sp³-hybridized carbons (Fsp3) is 0.438. The molecule has 0 radical (unpaired) electrons. The minimum atomic E-state index is -0.111. The van der Waals surface area contributed by atoms with E-state index in [4.69, 9.17) is 0 Å². The number of carbonyl (C=O) groups is 2. The predicted molar refractivity (Wildman–Crippen MR) is 82.6 cm³/mol. The Morgan fingerprint density at radius 1 is 1.36 bits per heavy atom. The molecular weight excluding hydrogens is 280 g/mol. The highest BCUT2D eigenvalue weighted by atomic mass is 16.2. The van der Waals surface area contributed by atoms with Gasteiger partial charge in [-0.2, -0.15) is 0 Å². The van der Waals surface area contributed by atoms with Crippen molar-refractivity contribution in [3.8, 4) is 0 Å². The van der Waals surface area contributed by atoms with E-state index in [9.17, 15) is 9.59 Å². The van der Waals surface area contributed by atoms with Crippen molar-refractivity contribution in [2.24, 2.45) is 5.92 Å². The molecular formula is C16H20N4O2. The van der Waals surface area contributed by atoms with E-state index in [-0.39, 0.29) is 17.7 Å². The minimum Gasteiger partial charge on any atom is -0.359 e. The first-order chi connectivity index (χ1) is 10.6. The second-order valence-corrected chi connectivity index (χ2v) is 5.73. The topological polar surface area (TPSA) is 66.7 Å². The number of aryl methyl sites for hydroxylation is 1. The van der Waals surface area contributed by atoms with Gasteiger partial charge in [-0.25, -0.2) is 4.98 Å². The summed E-state index contributed by atoms with van der Waals surface area (Å²) in [5.74, 6) is -0.110. The maximum absolute atomic E-state index is 12.8. The van der Waals surface area contributed by atoms with Crippen LogP contribution in [0.4, 0.5) is 0 Å². The molecule has 3 heterocycles. The summed E-state index contributed by atoms with van der Waals surface area (Å²) in [6, 6.07) is 3.74. The molecule has 2 aromatic rings. The monoisotopic (exact) mass is 300 g/mol. The molecule has 22 heavy (non-hydrogen) atoms. The van der Waals surface area contributed by atoms with Crippen LogP contribution in [0.3, 0.4) is 0 Å². The molecule has 2 amide bonds. The molecule has 0 aliphatic carbocycles. The highest BCUT2D eigenvalue weighted by Crippen LogP contribution is 2.21. The summed E-state index contributed by atoms with van der Waals surface area (Å²) >= 11 is 0. The number of hydrogen-bond acceptors (Lipinski definition) is 3. The number of piperidine rings is 1.